The number of carbonyl (C=O) groups is 1. The highest BCUT2D eigenvalue weighted by molar-refractivity contribution is 7.74. The lowest BCUT2D eigenvalue weighted by Crippen LogP contribution is -2.42. The van der Waals surface area contributed by atoms with Crippen LogP contribution in [0.1, 0.15) is 25.7 Å². The second-order valence-electron chi connectivity index (χ2n) is 11.1. The van der Waals surface area contributed by atoms with Gasteiger partial charge in [-0.1, -0.05) is 23.7 Å². The predicted octanol–water partition coefficient (Wildman–Crippen LogP) is 4.60. The highest BCUT2D eigenvalue weighted by Crippen LogP contribution is 2.35. The fraction of sp³-hybridized carbons (Fsp3) is 0.433. The molecule has 5 rings (SSSR count). The van der Waals surface area contributed by atoms with Crippen molar-refractivity contribution in [1.82, 2.24) is 14.9 Å². The van der Waals surface area contributed by atoms with E-state index in [1.54, 1.807) is 31.4 Å². The first-order valence-corrected chi connectivity index (χ1v) is 16.1. The summed E-state index contributed by atoms with van der Waals surface area (Å²) in [5.41, 5.74) is 2.74. The number of benzene rings is 2. The molecule has 2 aromatic carbocycles. The summed E-state index contributed by atoms with van der Waals surface area (Å²) in [6, 6.07) is 12.9. The number of carboxylic acids is 1. The molecule has 3 heterocycles. The molecule has 1 aromatic heterocycles. The molecule has 44 heavy (non-hydrogen) atoms. The summed E-state index contributed by atoms with van der Waals surface area (Å²) in [6.45, 7) is 4.65. The summed E-state index contributed by atoms with van der Waals surface area (Å²) in [5, 5.41) is 15.9. The lowest BCUT2D eigenvalue weighted by atomic mass is 9.92. The molecule has 0 saturated carbocycles. The van der Waals surface area contributed by atoms with Gasteiger partial charge in [-0.3, -0.25) is 9.10 Å². The number of anilines is 6. The molecule has 3 aromatic rings. The smallest absolute Gasteiger partial charge is 0.306 e. The minimum atomic E-state index is -2.82. The molecule has 0 unspecified atom stereocenters. The molecule has 2 aliphatic rings. The number of likely N-dealkylation sites (tertiary alicyclic amines) is 1. The molecule has 14 heteroatoms. The summed E-state index contributed by atoms with van der Waals surface area (Å²) < 4.78 is 30.0. The minimum Gasteiger partial charge on any atom is -0.494 e. The van der Waals surface area contributed by atoms with Gasteiger partial charge in [0.25, 0.3) is 0 Å². The Kier molecular flexibility index (Phi) is 10.3. The Bertz CT molecular complexity index is 1530. The molecule has 0 atom stereocenters. The Balaban J connectivity index is 1.21. The van der Waals surface area contributed by atoms with Gasteiger partial charge in [-0.2, -0.15) is 4.98 Å². The molecule has 2 saturated heterocycles. The number of aromatic nitrogens is 2. The van der Waals surface area contributed by atoms with E-state index in [1.807, 2.05) is 18.2 Å². The maximum atomic E-state index is 11.6. The van der Waals surface area contributed by atoms with Crippen LogP contribution in [0.2, 0.25) is 5.02 Å². The number of hydrogen-bond donors (Lipinski definition) is 4. The standard InChI is InChI=1S/C30H38ClN7O5S/c1-36(44(41)42)26-6-4-3-5-24(26)33-28-23(31)18-32-30(35-28)34-25-8-7-22(17-27(25)43-2)38-15-9-20(10-16-38)19-37-13-11-21(12-14-37)29(39)40/h3-8,17-18,20-21,44H,9-16,19H2,1-2H3,(H,39,40)(H2,32,33,34,35). The molecular formula is C30H38ClN7O5S. The van der Waals surface area contributed by atoms with Gasteiger partial charge in [-0.05, 0) is 69.0 Å². The summed E-state index contributed by atoms with van der Waals surface area (Å²) in [7, 11) is 0.266. The molecule has 0 amide bonds. The van der Waals surface area contributed by atoms with Crippen LogP contribution in [0.15, 0.2) is 48.7 Å². The predicted molar refractivity (Wildman–Crippen MR) is 173 cm³/mol. The topological polar surface area (TPSA) is 140 Å². The van der Waals surface area contributed by atoms with Crippen LogP contribution < -0.4 is 24.6 Å². The van der Waals surface area contributed by atoms with Crippen molar-refractivity contribution in [2.24, 2.45) is 11.8 Å². The van der Waals surface area contributed by atoms with E-state index in [0.717, 1.165) is 68.4 Å². The zero-order valence-electron chi connectivity index (χ0n) is 24.8. The Morgan fingerprint density at radius 1 is 1.07 bits per heavy atom. The Hall–Kier alpha value is -3.81. The number of nitrogens with zero attached hydrogens (tertiary/aromatic N) is 5. The molecule has 0 aliphatic carbocycles. The first kappa shape index (κ1) is 31.6. The van der Waals surface area contributed by atoms with Crippen LogP contribution in [0.3, 0.4) is 0 Å². The van der Waals surface area contributed by atoms with Crippen LogP contribution >= 0.6 is 11.6 Å². The van der Waals surface area contributed by atoms with Crippen LogP contribution in [-0.2, 0) is 15.7 Å². The third-order valence-electron chi connectivity index (χ3n) is 8.36. The fourth-order valence-electron chi connectivity index (χ4n) is 5.79. The average Bonchev–Trinajstić information content (AvgIpc) is 3.03. The van der Waals surface area contributed by atoms with E-state index in [2.05, 4.69) is 30.4 Å². The summed E-state index contributed by atoms with van der Waals surface area (Å²) >= 11 is 6.39. The van der Waals surface area contributed by atoms with Crippen molar-refractivity contribution in [3.63, 3.8) is 0 Å². The third-order valence-corrected chi connectivity index (χ3v) is 9.34. The van der Waals surface area contributed by atoms with Crippen molar-refractivity contribution < 1.29 is 23.1 Å². The van der Waals surface area contributed by atoms with Crippen molar-refractivity contribution in [3.8, 4) is 5.75 Å². The van der Waals surface area contributed by atoms with Crippen molar-refractivity contribution in [2.75, 3.05) is 66.7 Å². The molecule has 2 fully saturated rings. The number of thiol groups is 1. The summed E-state index contributed by atoms with van der Waals surface area (Å²) in [4.78, 5) is 24.9. The number of hydrogen-bond acceptors (Lipinski definition) is 10. The molecule has 0 bridgehead atoms. The monoisotopic (exact) mass is 643 g/mol. The largest absolute Gasteiger partial charge is 0.494 e. The highest BCUT2D eigenvalue weighted by Gasteiger charge is 2.27. The quantitative estimate of drug-likeness (QED) is 0.218. The van der Waals surface area contributed by atoms with E-state index in [-0.39, 0.29) is 16.9 Å². The Morgan fingerprint density at radius 2 is 1.80 bits per heavy atom. The van der Waals surface area contributed by atoms with E-state index >= 15 is 0 Å². The van der Waals surface area contributed by atoms with Gasteiger partial charge in [0, 0.05) is 38.4 Å². The van der Waals surface area contributed by atoms with Crippen LogP contribution in [0.4, 0.5) is 34.5 Å². The molecule has 3 N–H and O–H groups in total. The Labute approximate surface area is 264 Å². The van der Waals surface area contributed by atoms with E-state index < -0.39 is 16.9 Å². The molecule has 0 spiro atoms. The van der Waals surface area contributed by atoms with Crippen LogP contribution in [0.25, 0.3) is 0 Å². The first-order chi connectivity index (χ1) is 21.2. The summed E-state index contributed by atoms with van der Waals surface area (Å²) in [6.07, 6.45) is 5.12. The fourth-order valence-corrected chi connectivity index (χ4v) is 6.28. The Morgan fingerprint density at radius 3 is 2.48 bits per heavy atom. The van der Waals surface area contributed by atoms with E-state index in [1.165, 1.54) is 13.2 Å². The molecule has 0 radical (unpaired) electrons. The molecular weight excluding hydrogens is 606 g/mol. The van der Waals surface area contributed by atoms with Crippen molar-refractivity contribution in [3.05, 3.63) is 53.7 Å². The molecule has 236 valence electrons. The SMILES string of the molecule is COc1cc(N2CCC(CN3CCC(C(=O)O)CC3)CC2)ccc1Nc1ncc(Cl)c(Nc2ccccc2N(C)[SH](=O)=O)n1. The van der Waals surface area contributed by atoms with Gasteiger partial charge in [0.2, 0.25) is 16.8 Å². The second kappa shape index (κ2) is 14.3. The average molecular weight is 644 g/mol. The molecule has 12 nitrogen and oxygen atoms in total. The van der Waals surface area contributed by atoms with Crippen LogP contribution in [0.5, 0.6) is 5.75 Å². The third kappa shape index (κ3) is 7.63. The first-order valence-electron chi connectivity index (χ1n) is 14.6. The van der Waals surface area contributed by atoms with Gasteiger partial charge in [-0.15, -0.1) is 0 Å². The lowest BCUT2D eigenvalue weighted by molar-refractivity contribution is -0.143. The van der Waals surface area contributed by atoms with Crippen molar-refractivity contribution in [2.45, 2.75) is 25.7 Å². The maximum Gasteiger partial charge on any atom is 0.306 e. The number of carboxylic acid groups (broad SMARTS) is 1. The van der Waals surface area contributed by atoms with Crippen molar-refractivity contribution >= 4 is 63.0 Å². The molecule has 2 aliphatic heterocycles. The number of aliphatic carboxylic acids is 1. The van der Waals surface area contributed by atoms with E-state index in [4.69, 9.17) is 16.3 Å². The number of piperidine rings is 2. The summed E-state index contributed by atoms with van der Waals surface area (Å²) in [5.74, 6) is 0.995. The van der Waals surface area contributed by atoms with Crippen LogP contribution in [-0.4, -0.2) is 81.2 Å². The number of methoxy groups -OCH3 is 1. The van der Waals surface area contributed by atoms with E-state index in [0.29, 0.717) is 34.5 Å². The van der Waals surface area contributed by atoms with Gasteiger partial charge in [0.05, 0.1) is 36.3 Å². The van der Waals surface area contributed by atoms with Gasteiger partial charge >= 0.3 is 5.97 Å². The van der Waals surface area contributed by atoms with Gasteiger partial charge < -0.3 is 30.3 Å². The second-order valence-corrected chi connectivity index (χ2v) is 12.6. The minimum absolute atomic E-state index is 0.194. The van der Waals surface area contributed by atoms with Crippen molar-refractivity contribution in [1.29, 1.82) is 0 Å². The van der Waals surface area contributed by atoms with Gasteiger partial charge in [-0.25, -0.2) is 13.4 Å². The zero-order chi connectivity index (χ0) is 31.2. The zero-order valence-corrected chi connectivity index (χ0v) is 26.4. The maximum absolute atomic E-state index is 11.6. The number of rotatable bonds is 11. The van der Waals surface area contributed by atoms with E-state index in [9.17, 15) is 18.3 Å². The van der Waals surface area contributed by atoms with Gasteiger partial charge in [0.1, 0.15) is 10.8 Å². The number of halogens is 1. The van der Waals surface area contributed by atoms with Crippen LogP contribution in [0, 0.1) is 11.8 Å². The highest BCUT2D eigenvalue weighted by atomic mass is 35.5. The number of nitrogens with one attached hydrogen (secondary N) is 2. The number of ether oxygens (including phenoxy) is 1. The normalized spacial score (nSPS) is 16.6. The number of para-hydroxylation sites is 2. The lowest BCUT2D eigenvalue weighted by Gasteiger charge is -2.38. The van der Waals surface area contributed by atoms with Gasteiger partial charge in [0.15, 0.2) is 5.82 Å².